The van der Waals surface area contributed by atoms with Gasteiger partial charge in [0.25, 0.3) is 0 Å². The summed E-state index contributed by atoms with van der Waals surface area (Å²) in [7, 11) is 0. The van der Waals surface area contributed by atoms with Gasteiger partial charge in [0.1, 0.15) is 0 Å². The molecule has 0 bridgehead atoms. The third-order valence-corrected chi connectivity index (χ3v) is 3.28. The summed E-state index contributed by atoms with van der Waals surface area (Å²) in [5, 5.41) is 0.895. The molecule has 0 heterocycles. The maximum atomic E-state index is 12.5. The second kappa shape index (κ2) is 5.78. The van der Waals surface area contributed by atoms with Gasteiger partial charge in [-0.1, -0.05) is 52.3 Å². The molecule has 0 aliphatic heterocycles. The highest BCUT2D eigenvalue weighted by Crippen LogP contribution is 2.31. The van der Waals surface area contributed by atoms with Gasteiger partial charge in [0.2, 0.25) is 0 Å². The van der Waals surface area contributed by atoms with E-state index in [4.69, 9.17) is 0 Å². The lowest BCUT2D eigenvalue weighted by Crippen LogP contribution is -2.03. The Labute approximate surface area is 118 Å². The molecule has 0 nitrogen and oxygen atoms in total. The van der Waals surface area contributed by atoms with E-state index in [2.05, 4.69) is 15.9 Å². The largest absolute Gasteiger partial charge is 0.416 e. The molecule has 0 atom stereocenters. The summed E-state index contributed by atoms with van der Waals surface area (Å²) in [6.07, 6.45) is -3.34. The average Bonchev–Trinajstić information content (AvgIpc) is 2.39. The first-order valence-electron chi connectivity index (χ1n) is 5.83. The number of rotatable bonds is 3. The minimum Gasteiger partial charge on any atom is -0.166 e. The van der Waals surface area contributed by atoms with Gasteiger partial charge >= 0.3 is 6.18 Å². The lowest BCUT2D eigenvalue weighted by Gasteiger charge is -2.08. The topological polar surface area (TPSA) is 0 Å². The predicted molar refractivity (Wildman–Crippen MR) is 74.4 cm³/mol. The van der Waals surface area contributed by atoms with Crippen molar-refractivity contribution in [2.45, 2.75) is 12.6 Å². The Balaban J connectivity index is 2.22. The van der Waals surface area contributed by atoms with Crippen LogP contribution in [0, 0.1) is 0 Å². The van der Waals surface area contributed by atoms with Crippen molar-refractivity contribution in [2.75, 3.05) is 5.33 Å². The number of halogens is 4. The van der Waals surface area contributed by atoms with Crippen LogP contribution in [0.5, 0.6) is 0 Å². The van der Waals surface area contributed by atoms with E-state index in [1.807, 2.05) is 24.3 Å². The molecule has 2 aromatic carbocycles. The van der Waals surface area contributed by atoms with E-state index in [0.29, 0.717) is 0 Å². The van der Waals surface area contributed by atoms with Gasteiger partial charge in [-0.2, -0.15) is 13.2 Å². The summed E-state index contributed by atoms with van der Waals surface area (Å²) < 4.78 is 37.4. The van der Waals surface area contributed by atoms with Crippen LogP contribution in [0.3, 0.4) is 0 Å². The Morgan fingerprint density at radius 1 is 0.789 bits per heavy atom. The summed E-state index contributed by atoms with van der Waals surface area (Å²) in [6.45, 7) is 0. The minimum absolute atomic E-state index is 0.618. The highest BCUT2D eigenvalue weighted by Gasteiger charge is 2.29. The number of benzene rings is 2. The smallest absolute Gasteiger partial charge is 0.166 e. The fraction of sp³-hybridized carbons (Fsp3) is 0.200. The Hall–Kier alpha value is -1.29. The van der Waals surface area contributed by atoms with Gasteiger partial charge in [-0.3, -0.25) is 0 Å². The van der Waals surface area contributed by atoms with Crippen LogP contribution in [-0.2, 0) is 12.6 Å². The first-order valence-corrected chi connectivity index (χ1v) is 6.95. The Morgan fingerprint density at radius 3 is 1.68 bits per heavy atom. The molecular weight excluding hydrogens is 317 g/mol. The fourth-order valence-electron chi connectivity index (χ4n) is 1.82. The van der Waals surface area contributed by atoms with Crippen molar-refractivity contribution in [1.29, 1.82) is 0 Å². The molecule has 19 heavy (non-hydrogen) atoms. The summed E-state index contributed by atoms with van der Waals surface area (Å²) in [5.74, 6) is 0. The van der Waals surface area contributed by atoms with Crippen molar-refractivity contribution >= 4 is 15.9 Å². The van der Waals surface area contributed by atoms with Gasteiger partial charge in [0.15, 0.2) is 0 Å². The molecule has 0 aromatic heterocycles. The molecule has 0 fully saturated rings. The van der Waals surface area contributed by atoms with Gasteiger partial charge in [-0.25, -0.2) is 0 Å². The van der Waals surface area contributed by atoms with Crippen molar-refractivity contribution in [2.24, 2.45) is 0 Å². The summed E-state index contributed by atoms with van der Waals surface area (Å²) >= 11 is 3.37. The molecule has 100 valence electrons. The van der Waals surface area contributed by atoms with E-state index in [-0.39, 0.29) is 0 Å². The zero-order valence-corrected chi connectivity index (χ0v) is 11.6. The van der Waals surface area contributed by atoms with Crippen LogP contribution in [0.15, 0.2) is 48.5 Å². The van der Waals surface area contributed by atoms with Gasteiger partial charge < -0.3 is 0 Å². The maximum absolute atomic E-state index is 12.5. The molecule has 4 heteroatoms. The van der Waals surface area contributed by atoms with Crippen molar-refractivity contribution in [3.63, 3.8) is 0 Å². The second-order valence-corrected chi connectivity index (χ2v) is 5.00. The van der Waals surface area contributed by atoms with E-state index in [9.17, 15) is 13.2 Å². The van der Waals surface area contributed by atoms with Crippen LogP contribution in [0.2, 0.25) is 0 Å². The Kier molecular flexibility index (Phi) is 4.30. The monoisotopic (exact) mass is 328 g/mol. The lowest BCUT2D eigenvalue weighted by atomic mass is 10.0. The third kappa shape index (κ3) is 3.60. The van der Waals surface area contributed by atoms with Crippen LogP contribution in [0.4, 0.5) is 13.2 Å². The molecule has 0 saturated carbocycles. The standard InChI is InChI=1S/C15H12BrF3/c16-10-9-11-1-3-12(4-2-11)13-5-7-14(8-6-13)15(17,18)19/h1-8H,9-10H2. The highest BCUT2D eigenvalue weighted by molar-refractivity contribution is 9.09. The zero-order chi connectivity index (χ0) is 13.9. The minimum atomic E-state index is -4.28. The summed E-state index contributed by atoms with van der Waals surface area (Å²) in [4.78, 5) is 0. The Bertz CT molecular complexity index is 527. The highest BCUT2D eigenvalue weighted by atomic mass is 79.9. The molecule has 2 rings (SSSR count). The second-order valence-electron chi connectivity index (χ2n) is 4.21. The zero-order valence-electron chi connectivity index (χ0n) is 10.0. The van der Waals surface area contributed by atoms with Gasteiger partial charge in [0.05, 0.1) is 5.56 Å². The quantitative estimate of drug-likeness (QED) is 0.670. The molecule has 0 aliphatic carbocycles. The van der Waals surface area contributed by atoms with E-state index in [1.54, 1.807) is 0 Å². The SMILES string of the molecule is FC(F)(F)c1ccc(-c2ccc(CCBr)cc2)cc1. The first kappa shape index (κ1) is 14.1. The predicted octanol–water partition coefficient (Wildman–Crippen LogP) is 5.31. The van der Waals surface area contributed by atoms with Crippen molar-refractivity contribution < 1.29 is 13.2 Å². The lowest BCUT2D eigenvalue weighted by molar-refractivity contribution is -0.137. The molecule has 0 amide bonds. The van der Waals surface area contributed by atoms with Crippen molar-refractivity contribution in [1.82, 2.24) is 0 Å². The molecule has 0 radical (unpaired) electrons. The van der Waals surface area contributed by atoms with Crippen LogP contribution >= 0.6 is 15.9 Å². The van der Waals surface area contributed by atoms with E-state index >= 15 is 0 Å². The van der Waals surface area contributed by atoms with Gasteiger partial charge in [0, 0.05) is 5.33 Å². The van der Waals surface area contributed by atoms with Gasteiger partial charge in [-0.15, -0.1) is 0 Å². The third-order valence-electron chi connectivity index (χ3n) is 2.88. The fourth-order valence-corrected chi connectivity index (χ4v) is 2.28. The van der Waals surface area contributed by atoms with Crippen LogP contribution < -0.4 is 0 Å². The molecule has 0 saturated heterocycles. The van der Waals surface area contributed by atoms with E-state index < -0.39 is 11.7 Å². The average molecular weight is 329 g/mol. The number of hydrogen-bond acceptors (Lipinski definition) is 0. The molecular formula is C15H12BrF3. The van der Waals surface area contributed by atoms with E-state index in [0.717, 1.165) is 35.0 Å². The van der Waals surface area contributed by atoms with Gasteiger partial charge in [-0.05, 0) is 35.2 Å². The maximum Gasteiger partial charge on any atom is 0.416 e. The number of aryl methyl sites for hydroxylation is 1. The van der Waals surface area contributed by atoms with Crippen LogP contribution in [0.25, 0.3) is 11.1 Å². The van der Waals surface area contributed by atoms with Crippen molar-refractivity contribution in [3.8, 4) is 11.1 Å². The van der Waals surface area contributed by atoms with Crippen LogP contribution in [0.1, 0.15) is 11.1 Å². The summed E-state index contributed by atoms with van der Waals surface area (Å²) in [5.41, 5.74) is 2.30. The van der Waals surface area contributed by atoms with Crippen molar-refractivity contribution in [3.05, 3.63) is 59.7 Å². The Morgan fingerprint density at radius 2 is 1.26 bits per heavy atom. The number of hydrogen-bond donors (Lipinski definition) is 0. The number of alkyl halides is 4. The molecule has 0 aliphatic rings. The molecule has 0 N–H and O–H groups in total. The molecule has 0 unspecified atom stereocenters. The summed E-state index contributed by atoms with van der Waals surface area (Å²) in [6, 6.07) is 13.1. The van der Waals surface area contributed by atoms with E-state index in [1.165, 1.54) is 17.7 Å². The molecule has 0 spiro atoms. The normalized spacial score (nSPS) is 11.6. The van der Waals surface area contributed by atoms with Crippen LogP contribution in [-0.4, -0.2) is 5.33 Å². The first-order chi connectivity index (χ1) is 9.00. The molecule has 2 aromatic rings.